The average Bonchev–Trinajstić information content (AvgIpc) is 3.22. The van der Waals surface area contributed by atoms with Crippen molar-refractivity contribution in [2.24, 2.45) is 11.3 Å². The SMILES string of the molecule is CCOc1cc(CC2CCC3(CC2)CC(=O)N(C2CCC(=O)NC2)C3)cc(OCC)c1-c1ccc(F)cc1. The van der Waals surface area contributed by atoms with Crippen LogP contribution in [0.1, 0.15) is 64.4 Å². The molecule has 204 valence electrons. The molecule has 5 rings (SSSR count). The molecule has 0 bridgehead atoms. The van der Waals surface area contributed by atoms with Gasteiger partial charge in [0, 0.05) is 32.0 Å². The molecule has 1 N–H and O–H groups in total. The molecule has 2 aliphatic heterocycles. The van der Waals surface area contributed by atoms with Crippen molar-refractivity contribution >= 4 is 11.8 Å². The topological polar surface area (TPSA) is 67.9 Å². The third-order valence-electron chi connectivity index (χ3n) is 8.58. The average molecular weight is 523 g/mol. The lowest BCUT2D eigenvalue weighted by Crippen LogP contribution is -2.49. The number of carbonyl (C=O) groups is 2. The van der Waals surface area contributed by atoms with Gasteiger partial charge in [-0.2, -0.15) is 0 Å². The van der Waals surface area contributed by atoms with E-state index in [9.17, 15) is 14.0 Å². The highest BCUT2D eigenvalue weighted by Crippen LogP contribution is 2.48. The smallest absolute Gasteiger partial charge is 0.223 e. The fraction of sp³-hybridized carbons (Fsp3) is 0.548. The fourth-order valence-corrected chi connectivity index (χ4v) is 6.61. The number of hydrogen-bond acceptors (Lipinski definition) is 4. The largest absolute Gasteiger partial charge is 0.493 e. The fourth-order valence-electron chi connectivity index (χ4n) is 6.61. The van der Waals surface area contributed by atoms with Gasteiger partial charge in [0.05, 0.1) is 18.8 Å². The lowest BCUT2D eigenvalue weighted by molar-refractivity contribution is -0.132. The molecule has 2 saturated heterocycles. The van der Waals surface area contributed by atoms with E-state index in [2.05, 4.69) is 22.3 Å². The Bertz CT molecular complexity index is 1120. The van der Waals surface area contributed by atoms with Gasteiger partial charge in [0.15, 0.2) is 0 Å². The predicted octanol–water partition coefficient (Wildman–Crippen LogP) is 5.52. The maximum atomic E-state index is 13.6. The first-order valence-electron chi connectivity index (χ1n) is 14.1. The molecule has 2 heterocycles. The molecule has 0 radical (unpaired) electrons. The molecule has 1 unspecified atom stereocenters. The van der Waals surface area contributed by atoms with Gasteiger partial charge < -0.3 is 19.7 Å². The molecule has 3 fully saturated rings. The zero-order valence-electron chi connectivity index (χ0n) is 22.6. The van der Waals surface area contributed by atoms with Gasteiger partial charge in [-0.1, -0.05) is 12.1 Å². The van der Waals surface area contributed by atoms with Gasteiger partial charge in [-0.25, -0.2) is 4.39 Å². The summed E-state index contributed by atoms with van der Waals surface area (Å²) in [5, 5.41) is 2.93. The first-order chi connectivity index (χ1) is 18.4. The Morgan fingerprint density at radius 3 is 2.24 bits per heavy atom. The van der Waals surface area contributed by atoms with E-state index in [1.54, 1.807) is 12.1 Å². The molecule has 2 aromatic rings. The van der Waals surface area contributed by atoms with Crippen molar-refractivity contribution in [3.63, 3.8) is 0 Å². The minimum atomic E-state index is -0.269. The van der Waals surface area contributed by atoms with Crippen LogP contribution in [0.4, 0.5) is 4.39 Å². The molecule has 1 atom stereocenters. The molecule has 38 heavy (non-hydrogen) atoms. The number of rotatable bonds is 8. The number of carbonyl (C=O) groups excluding carboxylic acids is 2. The molecule has 1 saturated carbocycles. The highest BCUT2D eigenvalue weighted by Gasteiger charge is 2.47. The quantitative estimate of drug-likeness (QED) is 0.496. The van der Waals surface area contributed by atoms with Crippen LogP contribution in [0.15, 0.2) is 36.4 Å². The summed E-state index contributed by atoms with van der Waals surface area (Å²) < 4.78 is 25.7. The van der Waals surface area contributed by atoms with Gasteiger partial charge >= 0.3 is 0 Å². The molecule has 0 aromatic heterocycles. The Hall–Kier alpha value is -3.09. The highest BCUT2D eigenvalue weighted by molar-refractivity contribution is 5.81. The first-order valence-corrected chi connectivity index (χ1v) is 14.1. The zero-order valence-corrected chi connectivity index (χ0v) is 22.6. The van der Waals surface area contributed by atoms with E-state index in [0.29, 0.717) is 38.5 Å². The lowest BCUT2D eigenvalue weighted by atomic mass is 9.68. The maximum Gasteiger partial charge on any atom is 0.223 e. The van der Waals surface area contributed by atoms with E-state index in [1.807, 2.05) is 13.8 Å². The predicted molar refractivity (Wildman–Crippen MR) is 145 cm³/mol. The number of amides is 2. The first kappa shape index (κ1) is 26.5. The summed E-state index contributed by atoms with van der Waals surface area (Å²) in [5.41, 5.74) is 3.00. The van der Waals surface area contributed by atoms with Gasteiger partial charge in [-0.3, -0.25) is 9.59 Å². The minimum Gasteiger partial charge on any atom is -0.493 e. The van der Waals surface area contributed by atoms with Crippen molar-refractivity contribution in [1.29, 1.82) is 0 Å². The van der Waals surface area contributed by atoms with Crippen LogP contribution in [0.3, 0.4) is 0 Å². The van der Waals surface area contributed by atoms with Crippen LogP contribution in [0.25, 0.3) is 11.1 Å². The highest BCUT2D eigenvalue weighted by atomic mass is 19.1. The van der Waals surface area contributed by atoms with Gasteiger partial charge in [-0.05, 0) is 99.1 Å². The van der Waals surface area contributed by atoms with Crippen molar-refractivity contribution in [2.75, 3.05) is 26.3 Å². The molecule has 2 aromatic carbocycles. The standard InChI is InChI=1S/C31H39FN2O4/c1-3-37-26-16-22(17-27(38-4-2)30(26)23-5-7-24(32)8-6-23)15-21-11-13-31(14-12-21)18-29(36)34(20-31)25-9-10-28(35)33-19-25/h5-8,16-17,21,25H,3-4,9-15,18-20H2,1-2H3,(H,33,35). The number of hydrogen-bond donors (Lipinski definition) is 1. The van der Waals surface area contributed by atoms with Crippen molar-refractivity contribution < 1.29 is 23.5 Å². The summed E-state index contributed by atoms with van der Waals surface area (Å²) in [7, 11) is 0. The summed E-state index contributed by atoms with van der Waals surface area (Å²) >= 11 is 0. The number of nitrogens with zero attached hydrogens (tertiary/aromatic N) is 1. The Morgan fingerprint density at radius 2 is 1.66 bits per heavy atom. The maximum absolute atomic E-state index is 13.6. The van der Waals surface area contributed by atoms with E-state index >= 15 is 0 Å². The van der Waals surface area contributed by atoms with Gasteiger partial charge in [0.25, 0.3) is 0 Å². The Morgan fingerprint density at radius 1 is 1.00 bits per heavy atom. The summed E-state index contributed by atoms with van der Waals surface area (Å²) in [6.07, 6.45) is 7.16. The van der Waals surface area contributed by atoms with Crippen molar-refractivity contribution in [2.45, 2.75) is 71.3 Å². The van der Waals surface area contributed by atoms with Crippen LogP contribution >= 0.6 is 0 Å². The molecule has 2 amide bonds. The number of nitrogens with one attached hydrogen (secondary N) is 1. The molecular formula is C31H39FN2O4. The van der Waals surface area contributed by atoms with Gasteiger partial charge in [0.1, 0.15) is 17.3 Å². The van der Waals surface area contributed by atoms with Crippen LogP contribution < -0.4 is 14.8 Å². The lowest BCUT2D eigenvalue weighted by Gasteiger charge is -2.38. The van der Waals surface area contributed by atoms with E-state index < -0.39 is 0 Å². The molecule has 6 nitrogen and oxygen atoms in total. The minimum absolute atomic E-state index is 0.0778. The van der Waals surface area contributed by atoms with Crippen LogP contribution in [0.2, 0.25) is 0 Å². The van der Waals surface area contributed by atoms with E-state index in [0.717, 1.165) is 67.7 Å². The second kappa shape index (κ2) is 11.3. The summed E-state index contributed by atoms with van der Waals surface area (Å²) in [4.78, 5) is 26.5. The molecule has 1 aliphatic carbocycles. The molecular weight excluding hydrogens is 483 g/mol. The number of likely N-dealkylation sites (tertiary alicyclic amines) is 1. The number of piperidine rings is 1. The van der Waals surface area contributed by atoms with Gasteiger partial charge in [-0.15, -0.1) is 0 Å². The van der Waals surface area contributed by atoms with Crippen LogP contribution in [0.5, 0.6) is 11.5 Å². The van der Waals surface area contributed by atoms with Crippen LogP contribution in [0, 0.1) is 17.2 Å². The molecule has 7 heteroatoms. The zero-order chi connectivity index (χ0) is 26.7. The summed E-state index contributed by atoms with van der Waals surface area (Å²) in [6, 6.07) is 10.8. The number of halogens is 1. The third-order valence-corrected chi connectivity index (χ3v) is 8.58. The number of ether oxygens (including phenoxy) is 2. The Labute approximate surface area is 224 Å². The van der Waals surface area contributed by atoms with Gasteiger partial charge in [0.2, 0.25) is 11.8 Å². The Balaban J connectivity index is 1.28. The monoisotopic (exact) mass is 522 g/mol. The van der Waals surface area contributed by atoms with Crippen LogP contribution in [-0.4, -0.2) is 49.1 Å². The third kappa shape index (κ3) is 5.67. The molecule has 1 spiro atoms. The second-order valence-electron chi connectivity index (χ2n) is 11.2. The normalized spacial score (nSPS) is 25.5. The second-order valence-corrected chi connectivity index (χ2v) is 11.2. The summed E-state index contributed by atoms with van der Waals surface area (Å²) in [6.45, 7) is 6.41. The summed E-state index contributed by atoms with van der Waals surface area (Å²) in [5.74, 6) is 2.15. The van der Waals surface area contributed by atoms with E-state index in [1.165, 1.54) is 17.7 Å². The van der Waals surface area contributed by atoms with E-state index in [-0.39, 0.29) is 29.1 Å². The number of benzene rings is 2. The Kier molecular flexibility index (Phi) is 7.91. The van der Waals surface area contributed by atoms with E-state index in [4.69, 9.17) is 9.47 Å². The van der Waals surface area contributed by atoms with Crippen molar-refractivity contribution in [3.8, 4) is 22.6 Å². The molecule has 3 aliphatic rings. The van der Waals surface area contributed by atoms with Crippen molar-refractivity contribution in [1.82, 2.24) is 10.2 Å². The van der Waals surface area contributed by atoms with Crippen molar-refractivity contribution in [3.05, 3.63) is 47.8 Å². The van der Waals surface area contributed by atoms with Crippen LogP contribution in [-0.2, 0) is 16.0 Å².